The molecular formula is C28H29ClF2N6O2. The van der Waals surface area contributed by atoms with Crippen molar-refractivity contribution >= 4 is 29.1 Å². The minimum atomic E-state index is -0.917. The number of nitrogens with zero attached hydrogens (tertiary/aromatic N) is 4. The highest BCUT2D eigenvalue weighted by Crippen LogP contribution is 2.36. The molecule has 2 aliphatic rings. The first kappa shape index (κ1) is 27.0. The molecule has 3 heterocycles. The molecule has 204 valence electrons. The van der Waals surface area contributed by atoms with Crippen LogP contribution in [-0.4, -0.2) is 65.1 Å². The number of aromatic nitrogens is 3. The van der Waals surface area contributed by atoms with Gasteiger partial charge < -0.3 is 10.1 Å². The average Bonchev–Trinajstić information content (AvgIpc) is 3.50. The van der Waals surface area contributed by atoms with Crippen molar-refractivity contribution in [2.45, 2.75) is 24.8 Å². The maximum absolute atomic E-state index is 14.1. The molecule has 0 unspecified atom stereocenters. The molecule has 0 spiro atoms. The second kappa shape index (κ2) is 12.1. The number of ether oxygens (including phenoxy) is 1. The number of halogens is 3. The number of rotatable bonds is 8. The van der Waals surface area contributed by atoms with E-state index >= 15 is 0 Å². The van der Waals surface area contributed by atoms with Crippen molar-refractivity contribution in [3.63, 3.8) is 0 Å². The van der Waals surface area contributed by atoms with Gasteiger partial charge in [0, 0.05) is 50.6 Å². The van der Waals surface area contributed by atoms with Crippen LogP contribution in [0.4, 0.5) is 19.4 Å². The number of carbonyl (C=O) groups excluding carboxylic acids is 1. The van der Waals surface area contributed by atoms with Gasteiger partial charge >= 0.3 is 6.03 Å². The van der Waals surface area contributed by atoms with Gasteiger partial charge in [-0.1, -0.05) is 29.8 Å². The van der Waals surface area contributed by atoms with E-state index in [0.717, 1.165) is 30.2 Å². The van der Waals surface area contributed by atoms with Gasteiger partial charge in [0.25, 0.3) is 0 Å². The molecule has 2 N–H and O–H groups in total. The van der Waals surface area contributed by atoms with Crippen LogP contribution in [0.15, 0.2) is 61.0 Å². The van der Waals surface area contributed by atoms with Gasteiger partial charge in [0.05, 0.1) is 18.3 Å². The van der Waals surface area contributed by atoms with Crippen LogP contribution < -0.4 is 10.6 Å². The van der Waals surface area contributed by atoms with Crippen molar-refractivity contribution in [1.29, 1.82) is 0 Å². The predicted octanol–water partition coefficient (Wildman–Crippen LogP) is 5.30. The third-order valence-corrected chi connectivity index (χ3v) is 7.29. The van der Waals surface area contributed by atoms with Crippen LogP contribution in [0.25, 0.3) is 17.0 Å². The van der Waals surface area contributed by atoms with Crippen LogP contribution in [0.5, 0.6) is 0 Å². The van der Waals surface area contributed by atoms with Crippen molar-refractivity contribution in [2.75, 3.05) is 38.7 Å². The Morgan fingerprint density at radius 3 is 2.69 bits per heavy atom. The van der Waals surface area contributed by atoms with Crippen molar-refractivity contribution < 1.29 is 18.3 Å². The van der Waals surface area contributed by atoms with E-state index in [1.165, 1.54) is 6.07 Å². The van der Waals surface area contributed by atoms with Gasteiger partial charge in [-0.2, -0.15) is 5.10 Å². The first-order valence-electron chi connectivity index (χ1n) is 12.7. The van der Waals surface area contributed by atoms with Crippen LogP contribution in [0.2, 0.25) is 5.02 Å². The summed E-state index contributed by atoms with van der Waals surface area (Å²) in [7, 11) is 1.62. The number of urea groups is 1. The Morgan fingerprint density at radius 1 is 1.15 bits per heavy atom. The number of pyridine rings is 1. The molecular weight excluding hydrogens is 526 g/mol. The van der Waals surface area contributed by atoms with E-state index in [-0.39, 0.29) is 12.0 Å². The minimum Gasteiger partial charge on any atom is -0.383 e. The van der Waals surface area contributed by atoms with Crippen molar-refractivity contribution in [1.82, 2.24) is 25.0 Å². The number of benzene rings is 1. The Labute approximate surface area is 230 Å². The highest BCUT2D eigenvalue weighted by atomic mass is 35.5. The van der Waals surface area contributed by atoms with Gasteiger partial charge in [0.2, 0.25) is 0 Å². The SMILES string of the molecule is COCCN1C[C@@H](NC(=O)Nc2c(Cl)c(-c3ccncc3)nn2C2=CCCC=C2)[C@H](c2ccc(F)c(F)c2)C1. The molecule has 0 bridgehead atoms. The molecule has 1 fully saturated rings. The monoisotopic (exact) mass is 554 g/mol. The normalized spacial score (nSPS) is 19.2. The molecule has 5 rings (SSSR count). The van der Waals surface area contributed by atoms with E-state index in [1.807, 2.05) is 18.2 Å². The van der Waals surface area contributed by atoms with Gasteiger partial charge in [-0.25, -0.2) is 18.3 Å². The number of likely N-dealkylation sites (tertiary alicyclic amines) is 1. The fraction of sp³-hybridized carbons (Fsp3) is 0.321. The molecule has 11 heteroatoms. The topological polar surface area (TPSA) is 84.3 Å². The van der Waals surface area contributed by atoms with E-state index in [9.17, 15) is 13.6 Å². The van der Waals surface area contributed by atoms with Crippen LogP contribution in [0, 0.1) is 11.6 Å². The Balaban J connectivity index is 1.41. The summed E-state index contributed by atoms with van der Waals surface area (Å²) in [6.45, 7) is 2.23. The number of allylic oxidation sites excluding steroid dienone is 4. The molecule has 2 atom stereocenters. The summed E-state index contributed by atoms with van der Waals surface area (Å²) in [5, 5.41) is 10.9. The Hall–Kier alpha value is -3.60. The summed E-state index contributed by atoms with van der Waals surface area (Å²) < 4.78 is 34.5. The number of hydrogen-bond acceptors (Lipinski definition) is 5. The molecule has 1 aliphatic heterocycles. The lowest BCUT2D eigenvalue weighted by molar-refractivity contribution is 0.159. The summed E-state index contributed by atoms with van der Waals surface area (Å²) in [5.41, 5.74) is 2.69. The summed E-state index contributed by atoms with van der Waals surface area (Å²) in [6, 6.07) is 6.62. The van der Waals surface area contributed by atoms with E-state index in [4.69, 9.17) is 21.4 Å². The number of carbonyl (C=O) groups is 1. The van der Waals surface area contributed by atoms with Gasteiger partial charge in [-0.05, 0) is 48.7 Å². The number of anilines is 1. The maximum Gasteiger partial charge on any atom is 0.320 e. The summed E-state index contributed by atoms with van der Waals surface area (Å²) in [4.78, 5) is 19.6. The van der Waals surface area contributed by atoms with Gasteiger partial charge in [-0.3, -0.25) is 15.2 Å². The van der Waals surface area contributed by atoms with Crippen LogP contribution in [0.1, 0.15) is 24.3 Å². The molecule has 0 saturated carbocycles. The van der Waals surface area contributed by atoms with E-state index in [2.05, 4.69) is 20.5 Å². The molecule has 0 radical (unpaired) electrons. The minimum absolute atomic E-state index is 0.251. The first-order valence-corrected chi connectivity index (χ1v) is 13.1. The smallest absolute Gasteiger partial charge is 0.320 e. The van der Waals surface area contributed by atoms with Crippen molar-refractivity contribution in [3.8, 4) is 11.3 Å². The van der Waals surface area contributed by atoms with Crippen LogP contribution in [0.3, 0.4) is 0 Å². The van der Waals surface area contributed by atoms with Gasteiger partial charge in [0.15, 0.2) is 17.5 Å². The van der Waals surface area contributed by atoms with Crippen molar-refractivity contribution in [2.24, 2.45) is 0 Å². The summed E-state index contributed by atoms with van der Waals surface area (Å²) >= 11 is 6.78. The fourth-order valence-electron chi connectivity index (χ4n) is 4.97. The highest BCUT2D eigenvalue weighted by molar-refractivity contribution is 6.36. The summed E-state index contributed by atoms with van der Waals surface area (Å²) in [5.74, 6) is -1.75. The quantitative estimate of drug-likeness (QED) is 0.394. The maximum atomic E-state index is 14.1. The molecule has 1 aromatic carbocycles. The van der Waals surface area contributed by atoms with E-state index in [1.54, 1.807) is 42.4 Å². The molecule has 1 aliphatic carbocycles. The molecule has 8 nitrogen and oxygen atoms in total. The molecule has 2 aromatic heterocycles. The first-order chi connectivity index (χ1) is 18.9. The second-order valence-corrected chi connectivity index (χ2v) is 9.88. The number of methoxy groups -OCH3 is 1. The zero-order valence-corrected chi connectivity index (χ0v) is 22.2. The lowest BCUT2D eigenvalue weighted by Gasteiger charge is -2.21. The largest absolute Gasteiger partial charge is 0.383 e. The fourth-order valence-corrected chi connectivity index (χ4v) is 5.25. The number of amides is 2. The van der Waals surface area contributed by atoms with E-state index < -0.39 is 17.7 Å². The molecule has 2 amide bonds. The lowest BCUT2D eigenvalue weighted by Crippen LogP contribution is -2.42. The lowest BCUT2D eigenvalue weighted by atomic mass is 9.94. The second-order valence-electron chi connectivity index (χ2n) is 9.50. The molecule has 1 saturated heterocycles. The average molecular weight is 555 g/mol. The molecule has 3 aromatic rings. The number of nitrogens with one attached hydrogen (secondary N) is 2. The van der Waals surface area contributed by atoms with E-state index in [0.29, 0.717) is 48.3 Å². The Kier molecular flexibility index (Phi) is 8.35. The third kappa shape index (κ3) is 6.03. The summed E-state index contributed by atoms with van der Waals surface area (Å²) in [6.07, 6.45) is 11.1. The Bertz CT molecular complexity index is 1390. The standard InChI is InChI=1S/C28H29ClF2N6O2/c1-39-14-13-36-16-21(19-7-8-22(30)23(31)15-19)24(17-36)33-28(38)34-27-25(29)26(18-9-11-32-12-10-18)35-37(27)20-5-3-2-4-6-20/h3,5-12,15,21,24H,2,4,13-14,16-17H2,1H3,(H2,33,34,38)/t21-,24+/m0/s1. The van der Waals surface area contributed by atoms with Crippen LogP contribution >= 0.6 is 11.6 Å². The highest BCUT2D eigenvalue weighted by Gasteiger charge is 2.35. The number of hydrogen-bond donors (Lipinski definition) is 2. The van der Waals surface area contributed by atoms with Crippen LogP contribution in [-0.2, 0) is 4.74 Å². The third-order valence-electron chi connectivity index (χ3n) is 6.93. The zero-order valence-electron chi connectivity index (χ0n) is 21.4. The van der Waals surface area contributed by atoms with Gasteiger partial charge in [0.1, 0.15) is 10.7 Å². The Morgan fingerprint density at radius 2 is 1.97 bits per heavy atom. The zero-order chi connectivity index (χ0) is 27.4. The predicted molar refractivity (Wildman–Crippen MR) is 146 cm³/mol. The molecule has 39 heavy (non-hydrogen) atoms. The van der Waals surface area contributed by atoms with Gasteiger partial charge in [-0.15, -0.1) is 0 Å². The van der Waals surface area contributed by atoms with Crippen molar-refractivity contribution in [3.05, 3.63) is 83.2 Å².